The second kappa shape index (κ2) is 5.01. The average molecular weight is 275 g/mol. The lowest BCUT2D eigenvalue weighted by Gasteiger charge is -2.34. The first-order valence-electron chi connectivity index (χ1n) is 7.07. The van der Waals surface area contributed by atoms with Crippen molar-refractivity contribution in [1.82, 2.24) is 25.2 Å². The van der Waals surface area contributed by atoms with Crippen molar-refractivity contribution in [2.24, 2.45) is 0 Å². The highest BCUT2D eigenvalue weighted by atomic mass is 16.5. The molecule has 2 aromatic heterocycles. The topological polar surface area (TPSA) is 68.6 Å². The second-order valence-electron chi connectivity index (χ2n) is 6.18. The molecule has 0 aromatic carbocycles. The van der Waals surface area contributed by atoms with E-state index in [1.54, 1.807) is 0 Å². The van der Waals surface area contributed by atoms with Crippen LogP contribution in [-0.4, -0.2) is 37.4 Å². The van der Waals surface area contributed by atoms with Crippen LogP contribution in [0.15, 0.2) is 12.3 Å². The van der Waals surface area contributed by atoms with Crippen LogP contribution in [0, 0.1) is 6.92 Å². The van der Waals surface area contributed by atoms with E-state index in [0.29, 0.717) is 12.5 Å². The number of hydrogen-bond acceptors (Lipinski definition) is 4. The van der Waals surface area contributed by atoms with Gasteiger partial charge in [0.05, 0.1) is 23.5 Å². The molecule has 1 saturated heterocycles. The molecule has 1 atom stereocenters. The van der Waals surface area contributed by atoms with Gasteiger partial charge >= 0.3 is 0 Å². The lowest BCUT2D eigenvalue weighted by Crippen LogP contribution is -2.33. The van der Waals surface area contributed by atoms with Crippen LogP contribution in [0.4, 0.5) is 0 Å². The van der Waals surface area contributed by atoms with Crippen molar-refractivity contribution < 1.29 is 4.74 Å². The fourth-order valence-electron chi connectivity index (χ4n) is 2.78. The van der Waals surface area contributed by atoms with Crippen molar-refractivity contribution >= 4 is 0 Å². The van der Waals surface area contributed by atoms with E-state index >= 15 is 0 Å². The van der Waals surface area contributed by atoms with E-state index in [9.17, 15) is 0 Å². The van der Waals surface area contributed by atoms with E-state index in [1.165, 1.54) is 0 Å². The molecule has 0 saturated carbocycles. The van der Waals surface area contributed by atoms with Gasteiger partial charge in [-0.05, 0) is 39.7 Å². The van der Waals surface area contributed by atoms with Gasteiger partial charge in [0.25, 0.3) is 0 Å². The minimum absolute atomic E-state index is 0.0635. The van der Waals surface area contributed by atoms with Crippen molar-refractivity contribution in [2.45, 2.75) is 51.7 Å². The summed E-state index contributed by atoms with van der Waals surface area (Å²) in [5.41, 5.74) is 3.04. The Morgan fingerprint density at radius 2 is 2.35 bits per heavy atom. The zero-order valence-corrected chi connectivity index (χ0v) is 12.3. The SMILES string of the molecule is Cc1cc(Cn2cc([C@H]3CCOC(C)(C)C3)nn2)n[nH]1. The summed E-state index contributed by atoms with van der Waals surface area (Å²) in [5, 5.41) is 15.7. The van der Waals surface area contributed by atoms with Gasteiger partial charge in [0, 0.05) is 24.4 Å². The van der Waals surface area contributed by atoms with Crippen molar-refractivity contribution in [3.63, 3.8) is 0 Å². The van der Waals surface area contributed by atoms with E-state index in [1.807, 2.05) is 23.9 Å². The Hall–Kier alpha value is -1.69. The van der Waals surface area contributed by atoms with Gasteiger partial charge in [-0.2, -0.15) is 5.10 Å². The molecule has 1 fully saturated rings. The number of aromatic amines is 1. The molecule has 20 heavy (non-hydrogen) atoms. The second-order valence-corrected chi connectivity index (χ2v) is 6.18. The van der Waals surface area contributed by atoms with Crippen LogP contribution in [0.2, 0.25) is 0 Å². The Morgan fingerprint density at radius 3 is 3.05 bits per heavy atom. The Morgan fingerprint density at radius 1 is 1.50 bits per heavy atom. The third kappa shape index (κ3) is 2.90. The summed E-state index contributed by atoms with van der Waals surface area (Å²) in [7, 11) is 0. The molecule has 0 unspecified atom stereocenters. The van der Waals surface area contributed by atoms with E-state index in [4.69, 9.17) is 4.74 Å². The van der Waals surface area contributed by atoms with Gasteiger partial charge in [0.1, 0.15) is 0 Å². The Balaban J connectivity index is 1.70. The van der Waals surface area contributed by atoms with Gasteiger partial charge in [-0.25, -0.2) is 4.68 Å². The first-order chi connectivity index (χ1) is 9.52. The van der Waals surface area contributed by atoms with Gasteiger partial charge in [0.15, 0.2) is 0 Å². The molecule has 2 aromatic rings. The zero-order valence-electron chi connectivity index (χ0n) is 12.3. The van der Waals surface area contributed by atoms with E-state index in [0.717, 1.165) is 36.5 Å². The number of nitrogens with one attached hydrogen (secondary N) is 1. The molecule has 0 amide bonds. The average Bonchev–Trinajstić information content (AvgIpc) is 2.98. The standard InChI is InChI=1S/C14H21N5O/c1-10-6-12(16-15-10)8-19-9-13(17-18-19)11-4-5-20-14(2,3)7-11/h6,9,11H,4-5,7-8H2,1-3H3,(H,15,16)/t11-/m0/s1. The first-order valence-corrected chi connectivity index (χ1v) is 7.07. The number of aromatic nitrogens is 5. The lowest BCUT2D eigenvalue weighted by atomic mass is 9.86. The molecule has 0 spiro atoms. The van der Waals surface area contributed by atoms with Crippen molar-refractivity contribution in [3.05, 3.63) is 29.3 Å². The minimum atomic E-state index is -0.0635. The number of H-pyrrole nitrogens is 1. The van der Waals surface area contributed by atoms with Crippen LogP contribution in [-0.2, 0) is 11.3 Å². The van der Waals surface area contributed by atoms with Crippen LogP contribution in [0.1, 0.15) is 49.7 Å². The molecule has 1 aliphatic rings. The first kappa shape index (κ1) is 13.3. The van der Waals surface area contributed by atoms with Gasteiger partial charge in [-0.3, -0.25) is 5.10 Å². The van der Waals surface area contributed by atoms with Gasteiger partial charge < -0.3 is 4.74 Å². The maximum atomic E-state index is 5.75. The van der Waals surface area contributed by atoms with Gasteiger partial charge in [0.2, 0.25) is 0 Å². The largest absolute Gasteiger partial charge is 0.376 e. The molecule has 6 heteroatoms. The maximum absolute atomic E-state index is 5.75. The Labute approximate surface area is 118 Å². The number of ether oxygens (including phenoxy) is 1. The molecular formula is C14H21N5O. The Kier molecular flexibility index (Phi) is 3.33. The molecule has 108 valence electrons. The highest BCUT2D eigenvalue weighted by Crippen LogP contribution is 2.34. The van der Waals surface area contributed by atoms with Crippen LogP contribution >= 0.6 is 0 Å². The number of aryl methyl sites for hydroxylation is 1. The van der Waals surface area contributed by atoms with E-state index in [-0.39, 0.29) is 5.60 Å². The molecule has 1 N–H and O–H groups in total. The summed E-state index contributed by atoms with van der Waals surface area (Å²) >= 11 is 0. The smallest absolute Gasteiger partial charge is 0.0867 e. The zero-order chi connectivity index (χ0) is 14.2. The fourth-order valence-corrected chi connectivity index (χ4v) is 2.78. The van der Waals surface area contributed by atoms with Gasteiger partial charge in [-0.15, -0.1) is 5.10 Å². The minimum Gasteiger partial charge on any atom is -0.376 e. The highest BCUT2D eigenvalue weighted by molar-refractivity contribution is 5.09. The van der Waals surface area contributed by atoms with Crippen molar-refractivity contribution in [3.8, 4) is 0 Å². The summed E-state index contributed by atoms with van der Waals surface area (Å²) in [5.74, 6) is 0.438. The maximum Gasteiger partial charge on any atom is 0.0867 e. The Bertz CT molecular complexity index is 586. The van der Waals surface area contributed by atoms with Crippen LogP contribution < -0.4 is 0 Å². The molecule has 6 nitrogen and oxygen atoms in total. The van der Waals surface area contributed by atoms with Crippen molar-refractivity contribution in [1.29, 1.82) is 0 Å². The number of hydrogen-bond donors (Lipinski definition) is 1. The van der Waals surface area contributed by atoms with E-state index in [2.05, 4.69) is 34.4 Å². The summed E-state index contributed by atoms with van der Waals surface area (Å²) in [6.07, 6.45) is 4.05. The quantitative estimate of drug-likeness (QED) is 0.930. The molecule has 1 aliphatic heterocycles. The summed E-state index contributed by atoms with van der Waals surface area (Å²) in [6.45, 7) is 7.71. The normalized spacial score (nSPS) is 22.1. The van der Waals surface area contributed by atoms with Gasteiger partial charge in [-0.1, -0.05) is 5.21 Å². The monoisotopic (exact) mass is 275 g/mol. The van der Waals surface area contributed by atoms with Crippen LogP contribution in [0.25, 0.3) is 0 Å². The summed E-state index contributed by atoms with van der Waals surface area (Å²) < 4.78 is 7.61. The highest BCUT2D eigenvalue weighted by Gasteiger charge is 2.31. The fraction of sp³-hybridized carbons (Fsp3) is 0.643. The molecule has 3 heterocycles. The molecule has 3 rings (SSSR count). The molecule has 0 aliphatic carbocycles. The predicted octanol–water partition coefficient (Wildman–Crippen LogP) is 2.03. The molecule has 0 bridgehead atoms. The third-order valence-electron chi connectivity index (χ3n) is 3.75. The van der Waals surface area contributed by atoms with Crippen molar-refractivity contribution in [2.75, 3.05) is 6.61 Å². The number of rotatable bonds is 3. The third-order valence-corrected chi connectivity index (χ3v) is 3.75. The molecular weight excluding hydrogens is 254 g/mol. The predicted molar refractivity (Wildman–Crippen MR) is 74.5 cm³/mol. The lowest BCUT2D eigenvalue weighted by molar-refractivity contribution is -0.0597. The number of nitrogens with zero attached hydrogens (tertiary/aromatic N) is 4. The van der Waals surface area contributed by atoms with Crippen LogP contribution in [0.3, 0.4) is 0 Å². The molecule has 0 radical (unpaired) electrons. The van der Waals surface area contributed by atoms with E-state index < -0.39 is 0 Å². The summed E-state index contributed by atoms with van der Waals surface area (Å²) in [6, 6.07) is 2.03. The van der Waals surface area contributed by atoms with Crippen LogP contribution in [0.5, 0.6) is 0 Å². The summed E-state index contributed by atoms with van der Waals surface area (Å²) in [4.78, 5) is 0.